The Balaban J connectivity index is 3.27. The van der Waals surface area contributed by atoms with Gasteiger partial charge in [-0.25, -0.2) is 0 Å². The molecule has 0 aliphatic rings. The predicted molar refractivity (Wildman–Crippen MR) is 31.4 cm³/mol. The number of alkyl halides is 1. The van der Waals surface area contributed by atoms with Crippen LogP contribution in [0.25, 0.3) is 0 Å². The van der Waals surface area contributed by atoms with Crippen LogP contribution >= 0.6 is 0 Å². The van der Waals surface area contributed by atoms with Gasteiger partial charge >= 0.3 is 6.30 Å². The highest BCUT2D eigenvalue weighted by atomic mass is 19.1. The standard InChI is InChI=1S/C5H10FNO2/c1-2-3-4-5(6)7(8)9/h5H,2-4H2,1H3. The van der Waals surface area contributed by atoms with E-state index >= 15 is 0 Å². The van der Waals surface area contributed by atoms with Crippen LogP contribution in [0.5, 0.6) is 0 Å². The van der Waals surface area contributed by atoms with Crippen molar-refractivity contribution in [3.05, 3.63) is 10.1 Å². The third-order valence-corrected chi connectivity index (χ3v) is 1.02. The van der Waals surface area contributed by atoms with E-state index in [1.807, 2.05) is 6.92 Å². The van der Waals surface area contributed by atoms with E-state index in [1.54, 1.807) is 0 Å². The maximum atomic E-state index is 12.0. The molecular formula is C5H10FNO2. The summed E-state index contributed by atoms with van der Waals surface area (Å²) in [5, 5.41) is 9.64. The maximum absolute atomic E-state index is 12.0. The monoisotopic (exact) mass is 135 g/mol. The number of nitro groups is 1. The molecule has 0 radical (unpaired) electrons. The highest BCUT2D eigenvalue weighted by molar-refractivity contribution is 4.40. The van der Waals surface area contributed by atoms with E-state index in [-0.39, 0.29) is 6.42 Å². The van der Waals surface area contributed by atoms with E-state index in [1.165, 1.54) is 0 Å². The van der Waals surface area contributed by atoms with Crippen molar-refractivity contribution in [2.75, 3.05) is 0 Å². The first-order valence-electron chi connectivity index (χ1n) is 2.96. The van der Waals surface area contributed by atoms with Crippen LogP contribution in [0.1, 0.15) is 26.2 Å². The van der Waals surface area contributed by atoms with Crippen LogP contribution in [0.4, 0.5) is 4.39 Å². The van der Waals surface area contributed by atoms with Crippen LogP contribution < -0.4 is 0 Å². The second kappa shape index (κ2) is 4.23. The average Bonchev–Trinajstić information content (AvgIpc) is 1.82. The van der Waals surface area contributed by atoms with Crippen LogP contribution in [-0.4, -0.2) is 11.2 Å². The Kier molecular flexibility index (Phi) is 3.92. The molecular weight excluding hydrogens is 125 g/mol. The minimum absolute atomic E-state index is 0.0451. The van der Waals surface area contributed by atoms with Gasteiger partial charge in [0.25, 0.3) is 0 Å². The molecule has 9 heavy (non-hydrogen) atoms. The van der Waals surface area contributed by atoms with Crippen LogP contribution in [-0.2, 0) is 0 Å². The Hall–Kier alpha value is -0.670. The van der Waals surface area contributed by atoms with Gasteiger partial charge < -0.3 is 0 Å². The first-order chi connectivity index (χ1) is 4.18. The molecule has 0 aliphatic heterocycles. The molecule has 0 spiro atoms. The van der Waals surface area contributed by atoms with Crippen molar-refractivity contribution in [1.82, 2.24) is 0 Å². The van der Waals surface area contributed by atoms with Crippen molar-refractivity contribution in [1.29, 1.82) is 0 Å². The van der Waals surface area contributed by atoms with E-state index in [0.717, 1.165) is 6.42 Å². The molecule has 3 nitrogen and oxygen atoms in total. The van der Waals surface area contributed by atoms with Crippen LogP contribution in [0, 0.1) is 10.1 Å². The Labute approximate surface area is 53.0 Å². The fourth-order valence-electron chi connectivity index (χ4n) is 0.478. The fourth-order valence-corrected chi connectivity index (χ4v) is 0.478. The summed E-state index contributed by atoms with van der Waals surface area (Å²) < 4.78 is 12.0. The zero-order chi connectivity index (χ0) is 7.28. The van der Waals surface area contributed by atoms with Gasteiger partial charge in [0.15, 0.2) is 0 Å². The predicted octanol–water partition coefficient (Wildman–Crippen LogP) is 1.75. The molecule has 0 N–H and O–H groups in total. The summed E-state index contributed by atoms with van der Waals surface area (Å²) in [6.07, 6.45) is -0.426. The minimum Gasteiger partial charge on any atom is -0.262 e. The van der Waals surface area contributed by atoms with Gasteiger partial charge in [-0.05, 0) is 6.42 Å². The molecule has 0 aliphatic carbocycles. The molecule has 0 aromatic heterocycles. The molecule has 1 unspecified atom stereocenters. The average molecular weight is 135 g/mol. The van der Waals surface area contributed by atoms with E-state index in [4.69, 9.17) is 0 Å². The molecule has 4 heteroatoms. The summed E-state index contributed by atoms with van der Waals surface area (Å²) in [4.78, 5) is 8.74. The van der Waals surface area contributed by atoms with Crippen molar-refractivity contribution >= 4 is 0 Å². The zero-order valence-electron chi connectivity index (χ0n) is 5.34. The van der Waals surface area contributed by atoms with Gasteiger partial charge in [0.05, 0.1) is 4.92 Å². The Morgan fingerprint density at radius 1 is 1.78 bits per heavy atom. The molecule has 0 saturated heterocycles. The molecule has 1 atom stereocenters. The van der Waals surface area contributed by atoms with Gasteiger partial charge in [0, 0.05) is 6.42 Å². The van der Waals surface area contributed by atoms with Crippen LogP contribution in [0.15, 0.2) is 0 Å². The van der Waals surface area contributed by atoms with Crippen LogP contribution in [0.3, 0.4) is 0 Å². The van der Waals surface area contributed by atoms with Gasteiger partial charge in [-0.1, -0.05) is 13.3 Å². The van der Waals surface area contributed by atoms with Crippen molar-refractivity contribution in [2.45, 2.75) is 32.5 Å². The summed E-state index contributed by atoms with van der Waals surface area (Å²) >= 11 is 0. The molecule has 0 saturated carbocycles. The van der Waals surface area contributed by atoms with Crippen molar-refractivity contribution < 1.29 is 9.31 Å². The number of hydrogen-bond donors (Lipinski definition) is 0. The van der Waals surface area contributed by atoms with Crippen molar-refractivity contribution in [2.24, 2.45) is 0 Å². The zero-order valence-corrected chi connectivity index (χ0v) is 5.34. The largest absolute Gasteiger partial charge is 0.349 e. The maximum Gasteiger partial charge on any atom is 0.349 e. The first kappa shape index (κ1) is 8.33. The van der Waals surface area contributed by atoms with Crippen molar-refractivity contribution in [3.63, 3.8) is 0 Å². The number of halogens is 1. The highest BCUT2D eigenvalue weighted by Gasteiger charge is 2.15. The quantitative estimate of drug-likeness (QED) is 0.335. The molecule has 0 bridgehead atoms. The van der Waals surface area contributed by atoms with Gasteiger partial charge in [-0.3, -0.25) is 10.1 Å². The second-order valence-corrected chi connectivity index (χ2v) is 1.86. The smallest absolute Gasteiger partial charge is 0.262 e. The van der Waals surface area contributed by atoms with E-state index in [0.29, 0.717) is 6.42 Å². The topological polar surface area (TPSA) is 43.1 Å². The lowest BCUT2D eigenvalue weighted by Gasteiger charge is -1.96. The van der Waals surface area contributed by atoms with Crippen LogP contribution in [0.2, 0.25) is 0 Å². The van der Waals surface area contributed by atoms with Gasteiger partial charge in [0.1, 0.15) is 0 Å². The molecule has 0 fully saturated rings. The summed E-state index contributed by atoms with van der Waals surface area (Å²) in [7, 11) is 0. The SMILES string of the molecule is CCCCC(F)[N+](=O)[O-]. The third kappa shape index (κ3) is 3.88. The minimum atomic E-state index is -1.86. The van der Waals surface area contributed by atoms with E-state index in [2.05, 4.69) is 0 Å². The molecule has 0 aromatic rings. The number of unbranched alkanes of at least 4 members (excludes halogenated alkanes) is 1. The number of hydrogen-bond acceptors (Lipinski definition) is 2. The first-order valence-corrected chi connectivity index (χ1v) is 2.96. The normalized spacial score (nSPS) is 13.1. The number of nitrogens with zero attached hydrogens (tertiary/aromatic N) is 1. The highest BCUT2D eigenvalue weighted by Crippen LogP contribution is 2.03. The Morgan fingerprint density at radius 3 is 2.67 bits per heavy atom. The molecule has 0 rings (SSSR count). The van der Waals surface area contributed by atoms with E-state index in [9.17, 15) is 14.5 Å². The van der Waals surface area contributed by atoms with Gasteiger partial charge in [-0.2, -0.15) is 4.39 Å². The Bertz CT molecular complexity index is 97.0. The Morgan fingerprint density at radius 2 is 2.33 bits per heavy atom. The summed E-state index contributed by atoms with van der Waals surface area (Å²) in [5.41, 5.74) is 0. The third-order valence-electron chi connectivity index (χ3n) is 1.02. The lowest BCUT2D eigenvalue weighted by atomic mass is 10.2. The summed E-state index contributed by atoms with van der Waals surface area (Å²) in [6.45, 7) is 1.87. The lowest BCUT2D eigenvalue weighted by molar-refractivity contribution is -0.554. The summed E-state index contributed by atoms with van der Waals surface area (Å²) in [5.74, 6) is 0. The molecule has 0 amide bonds. The fraction of sp³-hybridized carbons (Fsp3) is 1.00. The second-order valence-electron chi connectivity index (χ2n) is 1.86. The lowest BCUT2D eigenvalue weighted by Crippen LogP contribution is -2.12. The molecule has 54 valence electrons. The number of rotatable bonds is 4. The van der Waals surface area contributed by atoms with Gasteiger partial charge in [0.2, 0.25) is 0 Å². The van der Waals surface area contributed by atoms with E-state index < -0.39 is 11.2 Å². The molecule has 0 heterocycles. The van der Waals surface area contributed by atoms with Gasteiger partial charge in [-0.15, -0.1) is 0 Å². The molecule has 0 aromatic carbocycles. The van der Waals surface area contributed by atoms with Crippen molar-refractivity contribution in [3.8, 4) is 0 Å². The summed E-state index contributed by atoms with van der Waals surface area (Å²) in [6, 6.07) is 0.